The van der Waals surface area contributed by atoms with Crippen molar-refractivity contribution in [3.8, 4) is 0 Å². The lowest BCUT2D eigenvalue weighted by molar-refractivity contribution is -0.138. The van der Waals surface area contributed by atoms with Crippen LogP contribution in [0.2, 0.25) is 0 Å². The zero-order valence-electron chi connectivity index (χ0n) is 9.04. The molecule has 0 aliphatic heterocycles. The summed E-state index contributed by atoms with van der Waals surface area (Å²) in [6.45, 7) is 4.18. The lowest BCUT2D eigenvalue weighted by Crippen LogP contribution is -2.42. The predicted octanol–water partition coefficient (Wildman–Crippen LogP) is 2.32. The second-order valence-electron chi connectivity index (χ2n) is 3.79. The summed E-state index contributed by atoms with van der Waals surface area (Å²) in [6.07, 6.45) is -0.167. The van der Waals surface area contributed by atoms with Crippen molar-refractivity contribution in [2.45, 2.75) is 24.1 Å². The van der Waals surface area contributed by atoms with Crippen molar-refractivity contribution in [3.05, 3.63) is 0 Å². The predicted molar refractivity (Wildman–Crippen MR) is 64.0 cm³/mol. The maximum absolute atomic E-state index is 11.6. The van der Waals surface area contributed by atoms with Gasteiger partial charge in [0.2, 0.25) is 0 Å². The zero-order valence-corrected chi connectivity index (χ0v) is 11.3. The summed E-state index contributed by atoms with van der Waals surface area (Å²) in [6, 6.07) is 0. The van der Waals surface area contributed by atoms with Gasteiger partial charge in [-0.25, -0.2) is 0 Å². The number of carboxylic acid groups (broad SMARTS) is 1. The van der Waals surface area contributed by atoms with E-state index in [-0.39, 0.29) is 18.9 Å². The van der Waals surface area contributed by atoms with Gasteiger partial charge in [-0.2, -0.15) is 0 Å². The van der Waals surface area contributed by atoms with Gasteiger partial charge in [-0.3, -0.25) is 9.59 Å². The summed E-state index contributed by atoms with van der Waals surface area (Å²) in [5.41, 5.74) is 0. The fourth-order valence-corrected chi connectivity index (χ4v) is 1.48. The molecule has 0 spiro atoms. The minimum atomic E-state index is -2.03. The number of alkyl halides is 3. The highest BCUT2D eigenvalue weighted by Gasteiger charge is 2.35. The number of aliphatic carboxylic acids is 1. The number of carbonyl (C=O) groups is 2. The monoisotopic (exact) mass is 289 g/mol. The quantitative estimate of drug-likeness (QED) is 0.791. The average Bonchev–Trinajstić information content (AvgIpc) is 2.08. The molecular formula is C9H14Cl3NO3. The molecule has 0 bridgehead atoms. The van der Waals surface area contributed by atoms with E-state index in [9.17, 15) is 9.59 Å². The Hall–Kier alpha value is -0.190. The Morgan fingerprint density at radius 1 is 1.31 bits per heavy atom. The van der Waals surface area contributed by atoms with E-state index >= 15 is 0 Å². The second kappa shape index (κ2) is 6.52. The third-order valence-corrected chi connectivity index (χ3v) is 2.20. The first-order valence-electron chi connectivity index (χ1n) is 4.72. The highest BCUT2D eigenvalue weighted by Crippen LogP contribution is 2.28. The number of nitrogens with zero attached hydrogens (tertiary/aromatic N) is 1. The van der Waals surface area contributed by atoms with E-state index in [0.29, 0.717) is 6.54 Å². The van der Waals surface area contributed by atoms with E-state index in [4.69, 9.17) is 39.9 Å². The van der Waals surface area contributed by atoms with Crippen molar-refractivity contribution in [2.75, 3.05) is 13.1 Å². The van der Waals surface area contributed by atoms with Crippen LogP contribution in [-0.2, 0) is 9.59 Å². The van der Waals surface area contributed by atoms with Crippen LogP contribution in [0.25, 0.3) is 0 Å². The Labute approximate surface area is 109 Å². The molecule has 1 amide bonds. The maximum atomic E-state index is 11.6. The van der Waals surface area contributed by atoms with Crippen LogP contribution in [0.4, 0.5) is 0 Å². The van der Waals surface area contributed by atoms with Crippen LogP contribution in [0.3, 0.4) is 0 Å². The number of rotatable bonds is 5. The van der Waals surface area contributed by atoms with Gasteiger partial charge in [-0.15, -0.1) is 0 Å². The topological polar surface area (TPSA) is 57.6 Å². The molecule has 0 saturated carbocycles. The van der Waals surface area contributed by atoms with Crippen molar-refractivity contribution < 1.29 is 14.7 Å². The van der Waals surface area contributed by atoms with E-state index < -0.39 is 15.7 Å². The number of hydrogen-bond donors (Lipinski definition) is 1. The van der Waals surface area contributed by atoms with Crippen LogP contribution in [-0.4, -0.2) is 38.8 Å². The SMILES string of the molecule is CC(C)CN(CCC(=O)O)C(=O)C(Cl)(Cl)Cl. The van der Waals surface area contributed by atoms with Crippen LogP contribution in [0.1, 0.15) is 20.3 Å². The average molecular weight is 291 g/mol. The Bertz CT molecular complexity index is 263. The normalized spacial score (nSPS) is 11.6. The summed E-state index contributed by atoms with van der Waals surface area (Å²) in [7, 11) is 0. The third kappa shape index (κ3) is 6.40. The van der Waals surface area contributed by atoms with Crippen LogP contribution in [0.15, 0.2) is 0 Å². The molecule has 0 aromatic rings. The van der Waals surface area contributed by atoms with Crippen molar-refractivity contribution >= 4 is 46.7 Å². The molecule has 7 heteroatoms. The maximum Gasteiger partial charge on any atom is 0.305 e. The molecule has 0 saturated heterocycles. The summed E-state index contributed by atoms with van der Waals surface area (Å²) >= 11 is 16.4. The molecule has 0 fully saturated rings. The van der Waals surface area contributed by atoms with Gasteiger partial charge < -0.3 is 10.0 Å². The fraction of sp³-hybridized carbons (Fsp3) is 0.778. The molecule has 4 nitrogen and oxygen atoms in total. The molecule has 0 rings (SSSR count). The third-order valence-electron chi connectivity index (χ3n) is 1.71. The van der Waals surface area contributed by atoms with Gasteiger partial charge in [0.1, 0.15) is 0 Å². The van der Waals surface area contributed by atoms with Gasteiger partial charge in [0.15, 0.2) is 0 Å². The van der Waals surface area contributed by atoms with Gasteiger partial charge in [-0.1, -0.05) is 48.7 Å². The number of hydrogen-bond acceptors (Lipinski definition) is 2. The summed E-state index contributed by atoms with van der Waals surface area (Å²) in [5, 5.41) is 8.54. The smallest absolute Gasteiger partial charge is 0.305 e. The van der Waals surface area contributed by atoms with Crippen molar-refractivity contribution in [1.82, 2.24) is 4.90 Å². The molecule has 0 aliphatic carbocycles. The Balaban J connectivity index is 4.54. The van der Waals surface area contributed by atoms with E-state index in [1.807, 2.05) is 13.8 Å². The summed E-state index contributed by atoms with van der Waals surface area (Å²) in [4.78, 5) is 23.3. The molecule has 0 aromatic heterocycles. The summed E-state index contributed by atoms with van der Waals surface area (Å²) < 4.78 is -2.03. The van der Waals surface area contributed by atoms with Gasteiger partial charge in [-0.05, 0) is 5.92 Å². The molecule has 1 N–H and O–H groups in total. The fourth-order valence-electron chi connectivity index (χ4n) is 1.13. The van der Waals surface area contributed by atoms with E-state index in [2.05, 4.69) is 0 Å². The standard InChI is InChI=1S/C9H14Cl3NO3/c1-6(2)5-13(4-3-7(14)15)8(16)9(10,11)12/h6H,3-5H2,1-2H3,(H,14,15). The van der Waals surface area contributed by atoms with Gasteiger partial charge in [0, 0.05) is 13.1 Å². The molecule has 94 valence electrons. The lowest BCUT2D eigenvalue weighted by Gasteiger charge is -2.26. The van der Waals surface area contributed by atoms with Gasteiger partial charge in [0.25, 0.3) is 9.70 Å². The van der Waals surface area contributed by atoms with Crippen LogP contribution < -0.4 is 0 Å². The second-order valence-corrected chi connectivity index (χ2v) is 6.07. The van der Waals surface area contributed by atoms with Crippen molar-refractivity contribution in [2.24, 2.45) is 5.92 Å². The van der Waals surface area contributed by atoms with E-state index in [1.54, 1.807) is 0 Å². The highest BCUT2D eigenvalue weighted by molar-refractivity contribution is 6.76. The number of carboxylic acids is 1. The number of carbonyl (C=O) groups excluding carboxylic acids is 1. The Kier molecular flexibility index (Phi) is 6.44. The van der Waals surface area contributed by atoms with E-state index in [1.165, 1.54) is 4.90 Å². The molecule has 0 radical (unpaired) electrons. The minimum Gasteiger partial charge on any atom is -0.481 e. The molecule has 0 aromatic carbocycles. The number of halogens is 3. The zero-order chi connectivity index (χ0) is 12.9. The van der Waals surface area contributed by atoms with Crippen LogP contribution in [0.5, 0.6) is 0 Å². The molecule has 0 heterocycles. The summed E-state index contributed by atoms with van der Waals surface area (Å²) in [5.74, 6) is -1.51. The first kappa shape index (κ1) is 15.8. The van der Waals surface area contributed by atoms with Crippen molar-refractivity contribution in [3.63, 3.8) is 0 Å². The lowest BCUT2D eigenvalue weighted by atomic mass is 10.2. The first-order valence-corrected chi connectivity index (χ1v) is 5.86. The molecule has 0 unspecified atom stereocenters. The van der Waals surface area contributed by atoms with Gasteiger partial charge in [0.05, 0.1) is 6.42 Å². The largest absolute Gasteiger partial charge is 0.481 e. The Morgan fingerprint density at radius 2 is 1.81 bits per heavy atom. The van der Waals surface area contributed by atoms with Crippen molar-refractivity contribution in [1.29, 1.82) is 0 Å². The molecule has 16 heavy (non-hydrogen) atoms. The molecular weight excluding hydrogens is 276 g/mol. The van der Waals surface area contributed by atoms with Crippen LogP contribution >= 0.6 is 34.8 Å². The molecule has 0 aliphatic rings. The molecule has 0 atom stereocenters. The Morgan fingerprint density at radius 3 is 2.12 bits per heavy atom. The highest BCUT2D eigenvalue weighted by atomic mass is 35.6. The minimum absolute atomic E-state index is 0.0419. The van der Waals surface area contributed by atoms with E-state index in [0.717, 1.165) is 0 Å². The first-order chi connectivity index (χ1) is 7.14. The van der Waals surface area contributed by atoms with Gasteiger partial charge >= 0.3 is 5.97 Å². The van der Waals surface area contributed by atoms with Crippen LogP contribution in [0, 0.1) is 5.92 Å². The number of amides is 1.